The Kier molecular flexibility index (Phi) is 5.52. The van der Waals surface area contributed by atoms with Crippen molar-refractivity contribution in [2.75, 3.05) is 13.2 Å². The molecule has 0 saturated carbocycles. The number of amides is 2. The minimum atomic E-state index is -0.337. The van der Waals surface area contributed by atoms with Gasteiger partial charge < -0.3 is 9.84 Å². The fourth-order valence-corrected chi connectivity index (χ4v) is 3.35. The normalized spacial score (nSPS) is 16.5. The van der Waals surface area contributed by atoms with Gasteiger partial charge in [-0.15, -0.1) is 6.58 Å². The first-order chi connectivity index (χ1) is 10.5. The number of aromatic hydroxyl groups is 1. The predicted octanol–water partition coefficient (Wildman–Crippen LogP) is 3.62. The van der Waals surface area contributed by atoms with E-state index in [1.54, 1.807) is 18.2 Å². The van der Waals surface area contributed by atoms with Crippen LogP contribution >= 0.6 is 34.4 Å². The van der Waals surface area contributed by atoms with Crippen molar-refractivity contribution in [2.24, 2.45) is 0 Å². The van der Waals surface area contributed by atoms with E-state index in [0.717, 1.165) is 16.7 Å². The molecule has 0 aromatic heterocycles. The van der Waals surface area contributed by atoms with Crippen LogP contribution in [0.5, 0.6) is 11.5 Å². The van der Waals surface area contributed by atoms with E-state index in [-0.39, 0.29) is 23.4 Å². The number of thioether (sulfide) groups is 1. The van der Waals surface area contributed by atoms with Gasteiger partial charge in [-0.1, -0.05) is 6.08 Å². The standard InChI is InChI=1S/C15H14INO4S/c1-3-5-17-14(19)12(22-15(17)20)8-9-6-10(16)13(18)11(7-9)21-4-2/h3,6-8,18H,1,4-5H2,2H3. The van der Waals surface area contributed by atoms with Gasteiger partial charge in [0.15, 0.2) is 11.5 Å². The van der Waals surface area contributed by atoms with Crippen molar-refractivity contribution in [3.05, 3.63) is 38.8 Å². The Morgan fingerprint density at radius 1 is 1.45 bits per heavy atom. The summed E-state index contributed by atoms with van der Waals surface area (Å²) >= 11 is 2.88. The van der Waals surface area contributed by atoms with E-state index in [1.807, 2.05) is 29.5 Å². The highest BCUT2D eigenvalue weighted by molar-refractivity contribution is 14.1. The molecule has 1 aromatic rings. The van der Waals surface area contributed by atoms with Gasteiger partial charge in [-0.25, -0.2) is 0 Å². The van der Waals surface area contributed by atoms with E-state index < -0.39 is 0 Å². The van der Waals surface area contributed by atoms with Gasteiger partial charge in [-0.3, -0.25) is 14.5 Å². The topological polar surface area (TPSA) is 66.8 Å². The van der Waals surface area contributed by atoms with Crippen LogP contribution in [0.3, 0.4) is 0 Å². The molecule has 1 heterocycles. The maximum absolute atomic E-state index is 12.2. The van der Waals surface area contributed by atoms with Gasteiger partial charge in [-0.05, 0) is 65.0 Å². The number of carbonyl (C=O) groups excluding carboxylic acids is 2. The molecule has 1 aliphatic rings. The summed E-state index contributed by atoms with van der Waals surface area (Å²) < 4.78 is 5.98. The second kappa shape index (κ2) is 7.19. The number of hydrogen-bond donors (Lipinski definition) is 1. The third-order valence-corrected chi connectivity index (χ3v) is 4.56. The molecule has 0 atom stereocenters. The second-order valence-corrected chi connectivity index (χ2v) is 6.52. The number of phenols is 1. The lowest BCUT2D eigenvalue weighted by Gasteiger charge is -2.09. The molecule has 2 amide bonds. The highest BCUT2D eigenvalue weighted by Gasteiger charge is 2.34. The Bertz CT molecular complexity index is 672. The average Bonchev–Trinajstić information content (AvgIpc) is 2.72. The molecular weight excluding hydrogens is 417 g/mol. The highest BCUT2D eigenvalue weighted by atomic mass is 127. The van der Waals surface area contributed by atoms with E-state index in [0.29, 0.717) is 26.4 Å². The number of ether oxygens (including phenoxy) is 1. The fourth-order valence-electron chi connectivity index (χ4n) is 1.88. The SMILES string of the molecule is C=CCN1C(=O)SC(=Cc2cc(I)c(O)c(OCC)c2)C1=O. The molecule has 22 heavy (non-hydrogen) atoms. The quantitative estimate of drug-likeness (QED) is 0.439. The lowest BCUT2D eigenvalue weighted by molar-refractivity contribution is -0.122. The fraction of sp³-hybridized carbons (Fsp3) is 0.200. The first-order valence-electron chi connectivity index (χ1n) is 6.49. The summed E-state index contributed by atoms with van der Waals surface area (Å²) in [5, 5.41) is 9.61. The van der Waals surface area contributed by atoms with Gasteiger partial charge in [-0.2, -0.15) is 0 Å². The molecule has 1 aromatic carbocycles. The van der Waals surface area contributed by atoms with Crippen molar-refractivity contribution in [3.8, 4) is 11.5 Å². The molecule has 1 saturated heterocycles. The molecule has 7 heteroatoms. The summed E-state index contributed by atoms with van der Waals surface area (Å²) in [6.45, 7) is 5.97. The Morgan fingerprint density at radius 2 is 2.18 bits per heavy atom. The van der Waals surface area contributed by atoms with Crippen LogP contribution in [0.25, 0.3) is 6.08 Å². The summed E-state index contributed by atoms with van der Waals surface area (Å²) in [5.74, 6) is 0.0845. The first-order valence-corrected chi connectivity index (χ1v) is 8.39. The van der Waals surface area contributed by atoms with Crippen molar-refractivity contribution in [1.82, 2.24) is 4.90 Å². The second-order valence-electron chi connectivity index (χ2n) is 4.36. The van der Waals surface area contributed by atoms with Crippen molar-refractivity contribution in [2.45, 2.75) is 6.92 Å². The summed E-state index contributed by atoms with van der Waals surface area (Å²) in [4.78, 5) is 25.4. The van der Waals surface area contributed by atoms with Crippen LogP contribution < -0.4 is 4.74 Å². The number of benzene rings is 1. The number of carbonyl (C=O) groups is 2. The van der Waals surface area contributed by atoms with E-state index in [9.17, 15) is 14.7 Å². The molecule has 0 bridgehead atoms. The van der Waals surface area contributed by atoms with Crippen LogP contribution in [-0.4, -0.2) is 34.3 Å². The molecule has 116 valence electrons. The molecule has 5 nitrogen and oxygen atoms in total. The van der Waals surface area contributed by atoms with Gasteiger partial charge in [0.1, 0.15) is 0 Å². The largest absolute Gasteiger partial charge is 0.504 e. The van der Waals surface area contributed by atoms with E-state index in [4.69, 9.17) is 4.74 Å². The maximum Gasteiger partial charge on any atom is 0.293 e. The first kappa shape index (κ1) is 16.9. The minimum absolute atomic E-state index is 0.0689. The van der Waals surface area contributed by atoms with Crippen molar-refractivity contribution in [1.29, 1.82) is 0 Å². The number of halogens is 1. The Labute approximate surface area is 146 Å². The van der Waals surface area contributed by atoms with Crippen LogP contribution in [0.4, 0.5) is 4.79 Å². The van der Waals surface area contributed by atoms with Gasteiger partial charge in [0.05, 0.1) is 15.1 Å². The van der Waals surface area contributed by atoms with Crippen LogP contribution in [0.1, 0.15) is 12.5 Å². The number of hydrogen-bond acceptors (Lipinski definition) is 5. The Hall–Kier alpha value is -1.48. The molecule has 2 rings (SSSR count). The van der Waals surface area contributed by atoms with E-state index >= 15 is 0 Å². The van der Waals surface area contributed by atoms with Crippen molar-refractivity contribution in [3.63, 3.8) is 0 Å². The van der Waals surface area contributed by atoms with Crippen molar-refractivity contribution >= 4 is 51.6 Å². The van der Waals surface area contributed by atoms with Crippen LogP contribution in [0.15, 0.2) is 29.7 Å². The number of rotatable bonds is 5. The van der Waals surface area contributed by atoms with E-state index in [1.165, 1.54) is 6.08 Å². The van der Waals surface area contributed by atoms with Crippen LogP contribution in [-0.2, 0) is 4.79 Å². The van der Waals surface area contributed by atoms with Crippen LogP contribution in [0, 0.1) is 3.57 Å². The Balaban J connectivity index is 2.35. The molecule has 0 radical (unpaired) electrons. The van der Waals surface area contributed by atoms with Gasteiger partial charge in [0, 0.05) is 6.54 Å². The molecule has 1 fully saturated rings. The molecule has 0 spiro atoms. The zero-order chi connectivity index (χ0) is 16.3. The summed E-state index contributed by atoms with van der Waals surface area (Å²) in [6, 6.07) is 3.36. The zero-order valence-corrected chi connectivity index (χ0v) is 14.8. The summed E-state index contributed by atoms with van der Waals surface area (Å²) in [6.07, 6.45) is 3.13. The third-order valence-electron chi connectivity index (χ3n) is 2.83. The van der Waals surface area contributed by atoms with Crippen LogP contribution in [0.2, 0.25) is 0 Å². The lowest BCUT2D eigenvalue weighted by Crippen LogP contribution is -2.27. The molecule has 1 N–H and O–H groups in total. The highest BCUT2D eigenvalue weighted by Crippen LogP contribution is 2.36. The average molecular weight is 431 g/mol. The maximum atomic E-state index is 12.2. The molecule has 0 aliphatic carbocycles. The summed E-state index contributed by atoms with van der Waals surface area (Å²) in [5.41, 5.74) is 0.690. The molecular formula is C15H14INO4S. The zero-order valence-electron chi connectivity index (χ0n) is 11.8. The predicted molar refractivity (Wildman–Crippen MR) is 94.9 cm³/mol. The monoisotopic (exact) mass is 431 g/mol. The van der Waals surface area contributed by atoms with Gasteiger partial charge >= 0.3 is 0 Å². The smallest absolute Gasteiger partial charge is 0.293 e. The third kappa shape index (κ3) is 3.46. The molecule has 0 unspecified atom stereocenters. The summed E-state index contributed by atoms with van der Waals surface area (Å²) in [7, 11) is 0. The lowest BCUT2D eigenvalue weighted by atomic mass is 10.2. The van der Waals surface area contributed by atoms with Gasteiger partial charge in [0.2, 0.25) is 0 Å². The number of nitrogens with zero attached hydrogens (tertiary/aromatic N) is 1. The number of imide groups is 1. The van der Waals surface area contributed by atoms with Gasteiger partial charge in [0.25, 0.3) is 11.1 Å². The van der Waals surface area contributed by atoms with Crippen molar-refractivity contribution < 1.29 is 19.4 Å². The van der Waals surface area contributed by atoms with E-state index in [2.05, 4.69) is 6.58 Å². The number of phenolic OH excluding ortho intramolecular Hbond substituents is 1. The Morgan fingerprint density at radius 3 is 2.82 bits per heavy atom. The molecule has 1 aliphatic heterocycles. The minimum Gasteiger partial charge on any atom is -0.504 e.